The van der Waals surface area contributed by atoms with Crippen molar-refractivity contribution in [2.45, 2.75) is 56.3 Å². The first-order valence-corrected chi connectivity index (χ1v) is 8.34. The van der Waals surface area contributed by atoms with Gasteiger partial charge in [-0.3, -0.25) is 0 Å². The first-order valence-electron chi connectivity index (χ1n) is 4.84. The van der Waals surface area contributed by atoms with E-state index in [0.29, 0.717) is 6.10 Å². The van der Waals surface area contributed by atoms with Gasteiger partial charge < -0.3 is 9.84 Å². The molecule has 1 saturated heterocycles. The van der Waals surface area contributed by atoms with Crippen molar-refractivity contribution in [3.63, 3.8) is 0 Å². The van der Waals surface area contributed by atoms with Crippen LogP contribution >= 0.6 is 0 Å². The fourth-order valence-corrected chi connectivity index (χ4v) is 5.39. The third kappa shape index (κ3) is 0.932. The standard InChI is InChI=1S/C9H18O2Si/c1-12(2,3)9-7(10)5-4-6-8(9)11-9/h7-8,10H,4-6H2,1-3H3/t7-,8+,9+/m0/s1. The second-order valence-electron chi connectivity index (χ2n) is 5.10. The number of epoxide rings is 1. The van der Waals surface area contributed by atoms with Gasteiger partial charge >= 0.3 is 0 Å². The molecular weight excluding hydrogens is 168 g/mol. The normalized spacial score (nSPS) is 47.0. The van der Waals surface area contributed by atoms with Crippen LogP contribution in [0.3, 0.4) is 0 Å². The molecule has 0 aromatic rings. The first-order chi connectivity index (χ1) is 5.48. The molecule has 0 bridgehead atoms. The molecule has 3 atom stereocenters. The summed E-state index contributed by atoms with van der Waals surface area (Å²) in [7, 11) is -1.34. The van der Waals surface area contributed by atoms with E-state index in [1.807, 2.05) is 0 Å². The number of aliphatic hydroxyl groups is 1. The number of hydrogen-bond acceptors (Lipinski definition) is 2. The Kier molecular flexibility index (Phi) is 1.70. The Balaban J connectivity index is 2.22. The Labute approximate surface area is 74.9 Å². The van der Waals surface area contributed by atoms with E-state index in [-0.39, 0.29) is 11.3 Å². The summed E-state index contributed by atoms with van der Waals surface area (Å²) in [6.45, 7) is 6.88. The highest BCUT2D eigenvalue weighted by Gasteiger charge is 2.68. The average Bonchev–Trinajstić information content (AvgIpc) is 2.62. The molecule has 12 heavy (non-hydrogen) atoms. The summed E-state index contributed by atoms with van der Waals surface area (Å²) >= 11 is 0. The molecule has 70 valence electrons. The van der Waals surface area contributed by atoms with E-state index in [0.717, 1.165) is 12.8 Å². The van der Waals surface area contributed by atoms with Gasteiger partial charge in [0.2, 0.25) is 0 Å². The Morgan fingerprint density at radius 3 is 2.42 bits per heavy atom. The smallest absolute Gasteiger partial charge is 0.109 e. The van der Waals surface area contributed by atoms with Gasteiger partial charge in [0.05, 0.1) is 20.3 Å². The Bertz CT molecular complexity index is 199. The third-order valence-corrected chi connectivity index (χ3v) is 6.49. The maximum absolute atomic E-state index is 9.92. The van der Waals surface area contributed by atoms with Gasteiger partial charge in [-0.15, -0.1) is 0 Å². The minimum atomic E-state index is -1.34. The molecule has 1 N–H and O–H groups in total. The van der Waals surface area contributed by atoms with Crippen LogP contribution in [-0.4, -0.2) is 30.6 Å². The molecular formula is C9H18O2Si. The van der Waals surface area contributed by atoms with Gasteiger partial charge in [0.1, 0.15) is 5.22 Å². The van der Waals surface area contributed by atoms with Crippen LogP contribution in [-0.2, 0) is 4.74 Å². The fourth-order valence-electron chi connectivity index (χ4n) is 2.64. The van der Waals surface area contributed by atoms with Gasteiger partial charge in [-0.05, 0) is 19.3 Å². The van der Waals surface area contributed by atoms with Gasteiger partial charge in [-0.25, -0.2) is 0 Å². The second kappa shape index (κ2) is 2.34. The van der Waals surface area contributed by atoms with Crippen molar-refractivity contribution in [1.82, 2.24) is 0 Å². The molecule has 0 amide bonds. The van der Waals surface area contributed by atoms with Crippen molar-refractivity contribution in [1.29, 1.82) is 0 Å². The minimum Gasteiger partial charge on any atom is -0.390 e. The fraction of sp³-hybridized carbons (Fsp3) is 1.00. The topological polar surface area (TPSA) is 32.8 Å². The van der Waals surface area contributed by atoms with Crippen LogP contribution in [0.5, 0.6) is 0 Å². The monoisotopic (exact) mass is 186 g/mol. The first kappa shape index (κ1) is 8.72. The van der Waals surface area contributed by atoms with Crippen molar-refractivity contribution in [2.75, 3.05) is 0 Å². The van der Waals surface area contributed by atoms with Crippen molar-refractivity contribution < 1.29 is 9.84 Å². The highest BCUT2D eigenvalue weighted by atomic mass is 28.3. The second-order valence-corrected chi connectivity index (χ2v) is 10.4. The zero-order valence-electron chi connectivity index (χ0n) is 8.13. The van der Waals surface area contributed by atoms with Gasteiger partial charge in [0.15, 0.2) is 0 Å². The molecule has 2 aliphatic rings. The van der Waals surface area contributed by atoms with Gasteiger partial charge in [0.25, 0.3) is 0 Å². The molecule has 2 rings (SSSR count). The van der Waals surface area contributed by atoms with Gasteiger partial charge in [-0.1, -0.05) is 19.6 Å². The van der Waals surface area contributed by atoms with Crippen molar-refractivity contribution in [3.8, 4) is 0 Å². The lowest BCUT2D eigenvalue weighted by atomic mass is 9.97. The lowest BCUT2D eigenvalue weighted by Crippen LogP contribution is -2.53. The zero-order chi connectivity index (χ0) is 8.98. The number of fused-ring (bicyclic) bond motifs is 1. The Morgan fingerprint density at radius 1 is 1.33 bits per heavy atom. The molecule has 0 aromatic heterocycles. The van der Waals surface area contributed by atoms with E-state index in [1.54, 1.807) is 0 Å². The highest BCUT2D eigenvalue weighted by molar-refractivity contribution is 6.80. The lowest BCUT2D eigenvalue weighted by Gasteiger charge is -2.33. The number of rotatable bonds is 1. The number of hydrogen-bond donors (Lipinski definition) is 1. The minimum absolute atomic E-state index is 0.0642. The average molecular weight is 186 g/mol. The molecule has 0 unspecified atom stereocenters. The largest absolute Gasteiger partial charge is 0.390 e. The molecule has 0 spiro atoms. The summed E-state index contributed by atoms with van der Waals surface area (Å²) < 4.78 is 5.75. The maximum atomic E-state index is 9.92. The quantitative estimate of drug-likeness (QED) is 0.498. The van der Waals surface area contributed by atoms with Crippen molar-refractivity contribution in [2.24, 2.45) is 0 Å². The Morgan fingerprint density at radius 2 is 2.00 bits per heavy atom. The zero-order valence-corrected chi connectivity index (χ0v) is 9.13. The molecule has 0 radical (unpaired) electrons. The number of aliphatic hydroxyl groups excluding tert-OH is 1. The maximum Gasteiger partial charge on any atom is 0.109 e. The summed E-state index contributed by atoms with van der Waals surface area (Å²) in [4.78, 5) is 0. The van der Waals surface area contributed by atoms with Gasteiger partial charge in [0, 0.05) is 0 Å². The Hall–Kier alpha value is 0.137. The molecule has 1 heterocycles. The van der Waals surface area contributed by atoms with Crippen molar-refractivity contribution >= 4 is 8.07 Å². The van der Waals surface area contributed by atoms with Crippen LogP contribution in [0.15, 0.2) is 0 Å². The van der Waals surface area contributed by atoms with Crippen molar-refractivity contribution in [3.05, 3.63) is 0 Å². The van der Waals surface area contributed by atoms with E-state index in [9.17, 15) is 5.11 Å². The van der Waals surface area contributed by atoms with E-state index < -0.39 is 8.07 Å². The van der Waals surface area contributed by atoms with Crippen LogP contribution in [0.4, 0.5) is 0 Å². The van der Waals surface area contributed by atoms with Gasteiger partial charge in [-0.2, -0.15) is 0 Å². The van der Waals surface area contributed by atoms with E-state index >= 15 is 0 Å². The molecule has 3 heteroatoms. The molecule has 2 nitrogen and oxygen atoms in total. The summed E-state index contributed by atoms with van der Waals surface area (Å²) in [5, 5.41) is 9.85. The van der Waals surface area contributed by atoms with Crippen LogP contribution in [0.25, 0.3) is 0 Å². The third-order valence-electron chi connectivity index (χ3n) is 3.37. The molecule has 1 saturated carbocycles. The molecule has 1 aliphatic heterocycles. The SMILES string of the molecule is C[Si](C)(C)[C@@]12O[C@@H]1CCC[C@@H]2O. The van der Waals surface area contributed by atoms with Crippen LogP contribution < -0.4 is 0 Å². The van der Waals surface area contributed by atoms with Crippen LogP contribution in [0.1, 0.15) is 19.3 Å². The van der Waals surface area contributed by atoms with E-state index in [4.69, 9.17) is 4.74 Å². The summed E-state index contributed by atoms with van der Waals surface area (Å²) in [6, 6.07) is 0. The van der Waals surface area contributed by atoms with Crippen LogP contribution in [0, 0.1) is 0 Å². The van der Waals surface area contributed by atoms with E-state index in [1.165, 1.54) is 6.42 Å². The predicted molar refractivity (Wildman–Crippen MR) is 50.8 cm³/mol. The summed E-state index contributed by atoms with van der Waals surface area (Å²) in [5.41, 5.74) is 0. The number of ether oxygens (including phenoxy) is 1. The summed E-state index contributed by atoms with van der Waals surface area (Å²) in [6.07, 6.45) is 3.47. The molecule has 2 fully saturated rings. The molecule has 0 aromatic carbocycles. The predicted octanol–water partition coefficient (Wildman–Crippen LogP) is 1.55. The summed E-state index contributed by atoms with van der Waals surface area (Å²) in [5.74, 6) is 0. The van der Waals surface area contributed by atoms with Crippen LogP contribution in [0.2, 0.25) is 19.6 Å². The lowest BCUT2D eigenvalue weighted by molar-refractivity contribution is 0.0999. The molecule has 1 aliphatic carbocycles. The van der Waals surface area contributed by atoms with E-state index in [2.05, 4.69) is 19.6 Å². The highest BCUT2D eigenvalue weighted by Crippen LogP contribution is 2.53.